The van der Waals surface area contributed by atoms with Gasteiger partial charge in [-0.1, -0.05) is 133 Å². The maximum atomic E-state index is 2.66. The maximum Gasteiger partial charge on any atom is 0.246 e. The second-order valence-electron chi connectivity index (χ2n) is 13.1. The molecule has 7 rings (SSSR count). The monoisotopic (exact) mass is 467 g/mol. The summed E-state index contributed by atoms with van der Waals surface area (Å²) in [6, 6.07) is 30.2. The Kier molecular flexibility index (Phi) is 4.11. The van der Waals surface area contributed by atoms with Crippen LogP contribution in [0.1, 0.15) is 76.3 Å². The Bertz CT molecular complexity index is 1570. The van der Waals surface area contributed by atoms with Gasteiger partial charge >= 0.3 is 0 Å². The summed E-state index contributed by atoms with van der Waals surface area (Å²) in [7, 11) is 0. The smallest absolute Gasteiger partial charge is 0.246 e. The number of nitrogens with zero attached hydrogens (tertiary/aromatic N) is 1. The highest BCUT2D eigenvalue weighted by atomic mass is 15.2. The quantitative estimate of drug-likeness (QED) is 0.252. The third-order valence-electron chi connectivity index (χ3n) is 9.23. The van der Waals surface area contributed by atoms with Gasteiger partial charge in [0.1, 0.15) is 0 Å². The average molecular weight is 467 g/mol. The van der Waals surface area contributed by atoms with Gasteiger partial charge in [-0.25, -0.2) is 0 Å². The van der Waals surface area contributed by atoms with Gasteiger partial charge in [-0.2, -0.15) is 0 Å². The summed E-state index contributed by atoms with van der Waals surface area (Å²) in [4.78, 5) is 2.66. The summed E-state index contributed by atoms with van der Waals surface area (Å²) in [5.41, 5.74) is 15.6. The van der Waals surface area contributed by atoms with Gasteiger partial charge in [0.05, 0.1) is 5.69 Å². The van der Waals surface area contributed by atoms with E-state index >= 15 is 0 Å². The van der Waals surface area contributed by atoms with Crippen LogP contribution in [0.4, 0.5) is 17.1 Å². The Labute approximate surface area is 216 Å². The molecule has 0 saturated heterocycles. The molecular weight excluding hydrogens is 433 g/mol. The van der Waals surface area contributed by atoms with Gasteiger partial charge < -0.3 is 4.90 Å². The minimum absolute atomic E-state index is 0.0646. The Morgan fingerprint density at radius 1 is 0.583 bits per heavy atom. The number of hydrogen-bond donors (Lipinski definition) is 0. The van der Waals surface area contributed by atoms with E-state index in [0.717, 1.165) is 0 Å². The van der Waals surface area contributed by atoms with E-state index in [1.54, 1.807) is 0 Å². The van der Waals surface area contributed by atoms with E-state index in [2.05, 4.69) is 132 Å². The van der Waals surface area contributed by atoms with E-state index < -0.39 is 0 Å². The van der Waals surface area contributed by atoms with Crippen molar-refractivity contribution >= 4 is 40.2 Å². The normalized spacial score (nSPS) is 17.6. The largest absolute Gasteiger partial charge is 0.310 e. The first-order valence-electron chi connectivity index (χ1n) is 13.3. The van der Waals surface area contributed by atoms with Crippen molar-refractivity contribution in [3.8, 4) is 0 Å². The Hall–Kier alpha value is -3.26. The molecule has 0 bridgehead atoms. The highest BCUT2D eigenvalue weighted by molar-refractivity contribution is 6.98. The predicted molar refractivity (Wildman–Crippen MR) is 155 cm³/mol. The van der Waals surface area contributed by atoms with Crippen LogP contribution < -0.4 is 21.3 Å². The fourth-order valence-electron chi connectivity index (χ4n) is 7.17. The van der Waals surface area contributed by atoms with Gasteiger partial charge in [-0.3, -0.25) is 0 Å². The van der Waals surface area contributed by atoms with Crippen LogP contribution in [-0.4, -0.2) is 6.71 Å². The lowest BCUT2D eigenvalue weighted by Crippen LogP contribution is -2.60. The van der Waals surface area contributed by atoms with Crippen LogP contribution in [-0.2, 0) is 16.2 Å². The fourth-order valence-corrected chi connectivity index (χ4v) is 7.17. The van der Waals surface area contributed by atoms with Crippen molar-refractivity contribution < 1.29 is 0 Å². The predicted octanol–water partition coefficient (Wildman–Crippen LogP) is 6.56. The lowest BCUT2D eigenvalue weighted by atomic mass is 9.34. The molecule has 4 aromatic carbocycles. The second kappa shape index (κ2) is 6.74. The first kappa shape index (κ1) is 22.0. The molecule has 178 valence electrons. The lowest BCUT2D eigenvalue weighted by molar-refractivity contribution is 0.576. The summed E-state index contributed by atoms with van der Waals surface area (Å²) in [6.07, 6.45) is 0. The minimum Gasteiger partial charge on any atom is -0.310 e. The van der Waals surface area contributed by atoms with Crippen LogP contribution in [0, 0.1) is 0 Å². The molecular formula is C34H34BN. The van der Waals surface area contributed by atoms with Crippen LogP contribution in [0.3, 0.4) is 0 Å². The second-order valence-corrected chi connectivity index (χ2v) is 13.1. The van der Waals surface area contributed by atoms with Gasteiger partial charge in [-0.15, -0.1) is 0 Å². The zero-order valence-corrected chi connectivity index (χ0v) is 22.5. The van der Waals surface area contributed by atoms with Crippen molar-refractivity contribution in [2.45, 2.75) is 64.7 Å². The average Bonchev–Trinajstić information content (AvgIpc) is 2.84. The Balaban J connectivity index is 1.70. The van der Waals surface area contributed by atoms with E-state index in [0.29, 0.717) is 0 Å². The van der Waals surface area contributed by atoms with Gasteiger partial charge in [0.15, 0.2) is 0 Å². The number of rotatable bonds is 1. The first-order chi connectivity index (χ1) is 17.0. The highest BCUT2D eigenvalue weighted by Crippen LogP contribution is 2.60. The van der Waals surface area contributed by atoms with E-state index in [9.17, 15) is 0 Å². The van der Waals surface area contributed by atoms with Crippen molar-refractivity contribution in [2.75, 3.05) is 4.90 Å². The molecule has 0 unspecified atom stereocenters. The summed E-state index contributed by atoms with van der Waals surface area (Å²) in [5.74, 6) is 0. The minimum atomic E-state index is -0.0890. The molecule has 0 saturated carbocycles. The summed E-state index contributed by atoms with van der Waals surface area (Å²) < 4.78 is 0. The molecule has 3 aliphatic heterocycles. The van der Waals surface area contributed by atoms with Crippen LogP contribution in [0.5, 0.6) is 0 Å². The van der Waals surface area contributed by atoms with Gasteiger partial charge in [0.25, 0.3) is 0 Å². The van der Waals surface area contributed by atoms with Crippen LogP contribution >= 0.6 is 0 Å². The topological polar surface area (TPSA) is 3.24 Å². The summed E-state index contributed by atoms with van der Waals surface area (Å²) in [6.45, 7) is 16.9. The number of anilines is 3. The van der Waals surface area contributed by atoms with Gasteiger partial charge in [0, 0.05) is 22.2 Å². The summed E-state index contributed by atoms with van der Waals surface area (Å²) >= 11 is 0. The fraction of sp³-hybridized carbons (Fsp3) is 0.294. The molecule has 2 heteroatoms. The van der Waals surface area contributed by atoms with E-state index in [1.165, 1.54) is 61.3 Å². The molecule has 0 spiro atoms. The molecule has 0 aromatic heterocycles. The highest BCUT2D eigenvalue weighted by Gasteiger charge is 2.50. The van der Waals surface area contributed by atoms with Crippen molar-refractivity contribution in [1.82, 2.24) is 0 Å². The van der Waals surface area contributed by atoms with Crippen LogP contribution in [0.15, 0.2) is 78.9 Å². The number of benzene rings is 4. The first-order valence-corrected chi connectivity index (χ1v) is 13.3. The molecule has 0 radical (unpaired) electrons. The third kappa shape index (κ3) is 2.58. The molecule has 3 aliphatic rings. The van der Waals surface area contributed by atoms with Crippen LogP contribution in [0.2, 0.25) is 0 Å². The van der Waals surface area contributed by atoms with Gasteiger partial charge in [0.2, 0.25) is 6.71 Å². The third-order valence-corrected chi connectivity index (χ3v) is 9.23. The molecule has 0 aliphatic carbocycles. The van der Waals surface area contributed by atoms with Crippen molar-refractivity contribution in [2.24, 2.45) is 0 Å². The lowest BCUT2D eigenvalue weighted by Gasteiger charge is -2.53. The molecule has 0 amide bonds. The van der Waals surface area contributed by atoms with Crippen molar-refractivity contribution in [1.29, 1.82) is 0 Å². The van der Waals surface area contributed by atoms with E-state index in [-0.39, 0.29) is 23.0 Å². The van der Waals surface area contributed by atoms with E-state index in [1.807, 2.05) is 0 Å². The van der Waals surface area contributed by atoms with Gasteiger partial charge in [-0.05, 0) is 44.2 Å². The molecule has 3 heterocycles. The molecule has 0 fully saturated rings. The molecule has 1 nitrogen and oxygen atoms in total. The van der Waals surface area contributed by atoms with E-state index in [4.69, 9.17) is 0 Å². The Morgan fingerprint density at radius 2 is 1.14 bits per heavy atom. The van der Waals surface area contributed by atoms with Crippen LogP contribution in [0.25, 0.3) is 0 Å². The SMILES string of the molecule is CC(C)(C)c1cc2c3c(c1)C(C)(C)c1cccc4c1N3c1c(cccc1C4(C)C)B2c1ccccc1. The maximum absolute atomic E-state index is 2.66. The number of para-hydroxylation sites is 2. The molecule has 36 heavy (non-hydrogen) atoms. The summed E-state index contributed by atoms with van der Waals surface area (Å²) in [5, 5.41) is 0. The zero-order valence-electron chi connectivity index (χ0n) is 22.5. The zero-order chi connectivity index (χ0) is 25.2. The standard InChI is InChI=1S/C34H34BN/c1-32(2,3)21-19-26-31-28(20-21)35(22-13-9-8-10-14-22)27-18-12-17-25-30(27)36(31)29-23(33(25,4)5)15-11-16-24(29)34(26,6)7/h8-20H,1-7H3. The molecule has 0 atom stereocenters. The van der Waals surface area contributed by atoms with Crippen molar-refractivity contribution in [3.63, 3.8) is 0 Å². The molecule has 0 N–H and O–H groups in total. The number of hydrogen-bond acceptors (Lipinski definition) is 1. The Morgan fingerprint density at radius 3 is 1.78 bits per heavy atom. The molecule has 4 aromatic rings. The van der Waals surface area contributed by atoms with Crippen molar-refractivity contribution in [3.05, 3.63) is 107 Å².